The molecule has 35 heavy (non-hydrogen) atoms. The summed E-state index contributed by atoms with van der Waals surface area (Å²) in [4.78, 5) is 17.7. The number of carbonyl (C=O) groups excluding carboxylic acids is 1. The zero-order chi connectivity index (χ0) is 24.9. The maximum Gasteiger partial charge on any atom is 0.255 e. The van der Waals surface area contributed by atoms with E-state index < -0.39 is 10.9 Å². The number of fused-ring (bicyclic) bond motifs is 1. The van der Waals surface area contributed by atoms with Gasteiger partial charge in [-0.05, 0) is 50.2 Å². The molecule has 1 aliphatic carbocycles. The Morgan fingerprint density at radius 1 is 1.23 bits per heavy atom. The van der Waals surface area contributed by atoms with Gasteiger partial charge >= 0.3 is 0 Å². The molecule has 187 valence electrons. The molecule has 0 bridgehead atoms. The largest absolute Gasteiger partial charge is 0.437 e. The van der Waals surface area contributed by atoms with Crippen molar-refractivity contribution in [1.82, 2.24) is 14.6 Å². The predicted octanol–water partition coefficient (Wildman–Crippen LogP) is 5.15. The van der Waals surface area contributed by atoms with Crippen molar-refractivity contribution >= 4 is 27.9 Å². The highest BCUT2D eigenvalue weighted by atomic mass is 32.2. The van der Waals surface area contributed by atoms with E-state index in [1.807, 2.05) is 37.3 Å². The SMILES string of the molecule is CC[CH]CCCCN(Cc1nc2oc(-c3ccc(C)cc3)c(C(=O)NC)c2cc1C1CC1)[SH](=O)=O. The van der Waals surface area contributed by atoms with Crippen LogP contribution in [0.25, 0.3) is 22.4 Å². The van der Waals surface area contributed by atoms with Crippen LogP contribution in [0, 0.1) is 13.3 Å². The Labute approximate surface area is 209 Å². The highest BCUT2D eigenvalue weighted by Gasteiger charge is 2.31. The average Bonchev–Trinajstić information content (AvgIpc) is 3.63. The van der Waals surface area contributed by atoms with E-state index in [1.54, 1.807) is 7.05 Å². The zero-order valence-electron chi connectivity index (χ0n) is 20.7. The Bertz CT molecular complexity index is 1250. The Morgan fingerprint density at radius 2 is 1.97 bits per heavy atom. The van der Waals surface area contributed by atoms with Crippen LogP contribution in [0.5, 0.6) is 0 Å². The molecule has 1 aromatic carbocycles. The molecule has 1 radical (unpaired) electrons. The minimum atomic E-state index is -2.73. The molecule has 1 saturated carbocycles. The second-order valence-corrected chi connectivity index (χ2v) is 10.3. The van der Waals surface area contributed by atoms with Gasteiger partial charge in [0.05, 0.1) is 23.2 Å². The van der Waals surface area contributed by atoms with Gasteiger partial charge in [0.25, 0.3) is 5.91 Å². The fourth-order valence-corrected chi connectivity index (χ4v) is 4.94. The number of unbranched alkanes of at least 4 members (excludes halogenated alkanes) is 4. The molecule has 2 heterocycles. The van der Waals surface area contributed by atoms with Gasteiger partial charge < -0.3 is 9.73 Å². The van der Waals surface area contributed by atoms with Crippen molar-refractivity contribution in [2.75, 3.05) is 13.6 Å². The predicted molar refractivity (Wildman–Crippen MR) is 139 cm³/mol. The number of pyridine rings is 1. The number of nitrogens with zero attached hydrogens (tertiary/aromatic N) is 2. The maximum absolute atomic E-state index is 12.9. The molecule has 8 heteroatoms. The smallest absolute Gasteiger partial charge is 0.255 e. The van der Waals surface area contributed by atoms with Crippen LogP contribution in [0.4, 0.5) is 0 Å². The van der Waals surface area contributed by atoms with Crippen LogP contribution >= 0.6 is 0 Å². The Hall–Kier alpha value is -2.71. The monoisotopic (exact) mass is 496 g/mol. The summed E-state index contributed by atoms with van der Waals surface area (Å²) in [7, 11) is -1.13. The molecule has 4 rings (SSSR count). The van der Waals surface area contributed by atoms with Gasteiger partial charge in [-0.15, -0.1) is 0 Å². The van der Waals surface area contributed by atoms with Gasteiger partial charge in [0.15, 0.2) is 0 Å². The number of amides is 1. The molecule has 0 spiro atoms. The summed E-state index contributed by atoms with van der Waals surface area (Å²) in [6.45, 7) is 4.80. The number of benzene rings is 1. The highest BCUT2D eigenvalue weighted by molar-refractivity contribution is 7.69. The lowest BCUT2D eigenvalue weighted by molar-refractivity contribution is 0.0964. The second-order valence-electron chi connectivity index (χ2n) is 9.22. The molecule has 0 unspecified atom stereocenters. The number of rotatable bonds is 12. The number of aryl methyl sites for hydroxylation is 1. The summed E-state index contributed by atoms with van der Waals surface area (Å²) in [5.41, 5.74) is 4.47. The first-order valence-electron chi connectivity index (χ1n) is 12.4. The number of hydrogen-bond donors (Lipinski definition) is 2. The average molecular weight is 497 g/mol. The molecule has 1 aliphatic rings. The second kappa shape index (κ2) is 11.4. The van der Waals surface area contributed by atoms with Gasteiger partial charge in [0.1, 0.15) is 5.76 Å². The lowest BCUT2D eigenvalue weighted by Gasteiger charge is -2.17. The van der Waals surface area contributed by atoms with Crippen LogP contribution < -0.4 is 5.32 Å². The Morgan fingerprint density at radius 3 is 2.60 bits per heavy atom. The molecule has 0 atom stereocenters. The zero-order valence-corrected chi connectivity index (χ0v) is 21.6. The number of aromatic nitrogens is 1. The van der Waals surface area contributed by atoms with Crippen molar-refractivity contribution in [3.63, 3.8) is 0 Å². The van der Waals surface area contributed by atoms with Crippen LogP contribution in [-0.4, -0.2) is 37.2 Å². The van der Waals surface area contributed by atoms with Crippen LogP contribution in [0.2, 0.25) is 0 Å². The van der Waals surface area contributed by atoms with Crippen LogP contribution in [0.1, 0.15) is 78.5 Å². The summed E-state index contributed by atoms with van der Waals surface area (Å²) < 4.78 is 31.7. The molecule has 3 aromatic rings. The summed E-state index contributed by atoms with van der Waals surface area (Å²) >= 11 is 0. The van der Waals surface area contributed by atoms with E-state index in [2.05, 4.69) is 18.7 Å². The van der Waals surface area contributed by atoms with E-state index in [0.717, 1.165) is 55.2 Å². The minimum absolute atomic E-state index is 0.216. The molecule has 7 nitrogen and oxygen atoms in total. The number of carbonyl (C=O) groups is 1. The van der Waals surface area contributed by atoms with Crippen molar-refractivity contribution in [1.29, 1.82) is 0 Å². The van der Waals surface area contributed by atoms with E-state index in [1.165, 1.54) is 4.31 Å². The molecular weight excluding hydrogens is 462 g/mol. The third kappa shape index (κ3) is 5.93. The molecule has 2 aromatic heterocycles. The number of nitrogens with one attached hydrogen (secondary N) is 1. The van der Waals surface area contributed by atoms with Crippen LogP contribution in [0.3, 0.4) is 0 Å². The van der Waals surface area contributed by atoms with Crippen molar-refractivity contribution in [3.8, 4) is 11.3 Å². The van der Waals surface area contributed by atoms with Gasteiger partial charge in [-0.3, -0.25) is 4.79 Å². The summed E-state index contributed by atoms with van der Waals surface area (Å²) in [6, 6.07) is 9.81. The Balaban J connectivity index is 1.72. The molecule has 1 N–H and O–H groups in total. The summed E-state index contributed by atoms with van der Waals surface area (Å²) in [6.07, 6.45) is 8.08. The van der Waals surface area contributed by atoms with Gasteiger partial charge in [-0.1, -0.05) is 56.0 Å². The molecule has 0 saturated heterocycles. The van der Waals surface area contributed by atoms with Gasteiger partial charge in [0, 0.05) is 19.2 Å². The molecular formula is C27H34N3O4S. The number of thiol groups is 1. The third-order valence-electron chi connectivity index (χ3n) is 6.51. The maximum atomic E-state index is 12.9. The van der Waals surface area contributed by atoms with Gasteiger partial charge in [-0.2, -0.15) is 4.31 Å². The van der Waals surface area contributed by atoms with Crippen molar-refractivity contribution < 1.29 is 17.6 Å². The molecule has 1 amide bonds. The summed E-state index contributed by atoms with van der Waals surface area (Å²) in [5, 5.41) is 3.39. The van der Waals surface area contributed by atoms with Gasteiger partial charge in [-0.25, -0.2) is 13.4 Å². The van der Waals surface area contributed by atoms with E-state index in [0.29, 0.717) is 40.6 Å². The molecule has 0 aliphatic heterocycles. The lowest BCUT2D eigenvalue weighted by atomic mass is 10.0. The fraction of sp³-hybridized carbons (Fsp3) is 0.444. The fourth-order valence-electron chi connectivity index (χ4n) is 4.39. The normalized spacial score (nSPS) is 13.7. The van der Waals surface area contributed by atoms with Crippen molar-refractivity contribution in [2.45, 2.75) is 64.8 Å². The highest BCUT2D eigenvalue weighted by Crippen LogP contribution is 2.44. The van der Waals surface area contributed by atoms with E-state index in [4.69, 9.17) is 9.40 Å². The van der Waals surface area contributed by atoms with E-state index in [-0.39, 0.29) is 12.5 Å². The first kappa shape index (κ1) is 25.4. The minimum Gasteiger partial charge on any atom is -0.437 e. The number of hydrogen-bond acceptors (Lipinski definition) is 5. The topological polar surface area (TPSA) is 92.5 Å². The first-order chi connectivity index (χ1) is 16.9. The van der Waals surface area contributed by atoms with E-state index in [9.17, 15) is 13.2 Å². The number of furan rings is 1. The van der Waals surface area contributed by atoms with Crippen molar-refractivity contribution in [3.05, 3.63) is 59.1 Å². The quantitative estimate of drug-likeness (QED) is 0.267. The Kier molecular flexibility index (Phi) is 8.23. The third-order valence-corrected chi connectivity index (χ3v) is 7.31. The molecule has 1 fully saturated rings. The lowest BCUT2D eigenvalue weighted by Crippen LogP contribution is -2.24. The summed E-state index contributed by atoms with van der Waals surface area (Å²) in [5.74, 6) is 0.580. The van der Waals surface area contributed by atoms with Crippen LogP contribution in [0.15, 0.2) is 34.7 Å². The standard InChI is InChI=1S/C27H34N3O4S/c1-4-5-6-7-8-15-30(35(32)33)17-23-21(19-13-14-19)16-22-24(26(31)28-3)25(34-27(22)29-23)20-11-9-18(2)10-12-20/h5,9-12,16,19,35H,4,6-8,13-15,17H2,1-3H3,(H,28,31). The van der Waals surface area contributed by atoms with Crippen LogP contribution in [-0.2, 0) is 17.4 Å². The van der Waals surface area contributed by atoms with Crippen molar-refractivity contribution in [2.24, 2.45) is 0 Å². The first-order valence-corrected chi connectivity index (χ1v) is 13.5. The van der Waals surface area contributed by atoms with E-state index >= 15 is 0 Å². The van der Waals surface area contributed by atoms with Gasteiger partial charge in [0.2, 0.25) is 16.6 Å².